The molecule has 4 aromatic rings. The van der Waals surface area contributed by atoms with Crippen LogP contribution in [0.3, 0.4) is 0 Å². The predicted molar refractivity (Wildman–Crippen MR) is 272 cm³/mol. The van der Waals surface area contributed by atoms with Gasteiger partial charge in [-0.15, -0.1) is 0 Å². The maximum atomic E-state index is 13.7. The van der Waals surface area contributed by atoms with E-state index < -0.39 is 19.7 Å². The minimum absolute atomic E-state index is 0. The van der Waals surface area contributed by atoms with Crippen molar-refractivity contribution in [3.05, 3.63) is 119 Å². The smallest absolute Gasteiger partial charge is 0.318 e. The van der Waals surface area contributed by atoms with Crippen LogP contribution in [0.1, 0.15) is 154 Å². The number of carbonyl (C=O) groups is 2. The van der Waals surface area contributed by atoms with Crippen molar-refractivity contribution >= 4 is 19.8 Å². The van der Waals surface area contributed by atoms with Crippen LogP contribution >= 0.6 is 7.82 Å². The summed E-state index contributed by atoms with van der Waals surface area (Å²) in [6.07, 6.45) is 10.5. The topological polar surface area (TPSA) is 152 Å². The number of quaternary nitrogens is 2. The zero-order chi connectivity index (χ0) is 50.5. The molecular formula is C56H82ClN2O10P. The predicted octanol–water partition coefficient (Wildman–Crippen LogP) is 8.81. The van der Waals surface area contributed by atoms with Crippen LogP contribution in [0.5, 0.6) is 23.0 Å². The minimum atomic E-state index is -4.89. The molecule has 388 valence electrons. The van der Waals surface area contributed by atoms with E-state index in [-0.39, 0.29) is 36.6 Å². The van der Waals surface area contributed by atoms with Crippen molar-refractivity contribution < 1.29 is 69.2 Å². The molecule has 2 heterocycles. The van der Waals surface area contributed by atoms with Crippen molar-refractivity contribution in [1.82, 2.24) is 0 Å². The molecule has 2 aliphatic heterocycles. The molecule has 0 spiro atoms. The maximum Gasteiger partial charge on any atom is 0.318 e. The van der Waals surface area contributed by atoms with Gasteiger partial charge in [-0.2, -0.15) is 0 Å². The summed E-state index contributed by atoms with van der Waals surface area (Å²) in [5, 5.41) is 0. The number of nitrogens with zero attached hydrogens (tertiary/aromatic N) is 2. The largest absolute Gasteiger partial charge is 1.00 e. The SMILES string of the molecule is CCCC(C[N+](CCC)(CCC)CCC)OC(=O)C1c2ccccc2Oc2ccccc21.CCCC(C[N+](CCC)(CCC)CCC)OC(=O)C1c2ccccc2Oc2ccccc21.O=P([O-])(O)O.[Cl-]. The van der Waals surface area contributed by atoms with Gasteiger partial charge in [0.2, 0.25) is 0 Å². The Morgan fingerprint density at radius 3 is 0.943 bits per heavy atom. The van der Waals surface area contributed by atoms with Crippen LogP contribution in [0.2, 0.25) is 0 Å². The van der Waals surface area contributed by atoms with Crippen LogP contribution in [0.15, 0.2) is 97.1 Å². The number of halogens is 1. The molecule has 70 heavy (non-hydrogen) atoms. The molecule has 0 radical (unpaired) electrons. The monoisotopic (exact) mass is 1010 g/mol. The molecule has 0 fully saturated rings. The second kappa shape index (κ2) is 29.9. The van der Waals surface area contributed by atoms with E-state index in [0.717, 1.165) is 171 Å². The van der Waals surface area contributed by atoms with Crippen LogP contribution < -0.4 is 26.8 Å². The molecule has 0 aliphatic carbocycles. The van der Waals surface area contributed by atoms with Gasteiger partial charge in [-0.1, -0.05) is 141 Å². The van der Waals surface area contributed by atoms with Crippen molar-refractivity contribution in [2.24, 2.45) is 0 Å². The van der Waals surface area contributed by atoms with E-state index in [4.69, 9.17) is 38.2 Å². The number of phosphoric acid groups is 1. The molecule has 6 rings (SSSR count). The molecule has 12 nitrogen and oxygen atoms in total. The normalized spacial score (nSPS) is 13.9. The van der Waals surface area contributed by atoms with E-state index in [0.29, 0.717) is 0 Å². The highest BCUT2D eigenvalue weighted by molar-refractivity contribution is 7.43. The van der Waals surface area contributed by atoms with Crippen molar-refractivity contribution in [3.8, 4) is 23.0 Å². The molecular weight excluding hydrogens is 927 g/mol. The number of para-hydroxylation sites is 4. The van der Waals surface area contributed by atoms with Crippen LogP contribution in [0.4, 0.5) is 0 Å². The Bertz CT molecular complexity index is 1960. The molecule has 2 unspecified atom stereocenters. The summed E-state index contributed by atoms with van der Waals surface area (Å²) < 4.78 is 35.7. The van der Waals surface area contributed by atoms with E-state index in [1.54, 1.807) is 0 Å². The van der Waals surface area contributed by atoms with Gasteiger partial charge in [0.15, 0.2) is 12.2 Å². The van der Waals surface area contributed by atoms with Crippen molar-refractivity contribution in [3.63, 3.8) is 0 Å². The van der Waals surface area contributed by atoms with E-state index >= 15 is 0 Å². The average Bonchev–Trinajstić information content (AvgIpc) is 3.30. The molecule has 2 aliphatic rings. The zero-order valence-electron chi connectivity index (χ0n) is 43.2. The second-order valence-corrected chi connectivity index (χ2v) is 19.8. The first-order valence-corrected chi connectivity index (χ1v) is 27.3. The summed E-state index contributed by atoms with van der Waals surface area (Å²) in [7, 11) is -4.89. The molecule has 4 aromatic carbocycles. The lowest BCUT2D eigenvalue weighted by Gasteiger charge is -2.41. The number of hydrogen-bond acceptors (Lipinski definition) is 8. The highest BCUT2D eigenvalue weighted by Gasteiger charge is 2.39. The summed E-state index contributed by atoms with van der Waals surface area (Å²) in [6.45, 7) is 26.6. The third-order valence-electron chi connectivity index (χ3n) is 13.0. The molecule has 0 saturated heterocycles. The lowest BCUT2D eigenvalue weighted by molar-refractivity contribution is -0.931. The standard InChI is InChI=1S/2C28H40NO3.ClH.H3O4P/c2*1-5-13-22(21-29(18-6-2,19-7-3)20-8-4)31-28(30)27-23-14-9-11-16-25(23)32-26-17-12-10-15-24(26)27;;1-5(2,3)4/h2*9-12,14-17,22,27H,5-8,13,18-21H2,1-4H3;1H;(H3,1,2,3,4)/q2*+1;;/p-2. The Kier molecular flexibility index (Phi) is 25.7. The van der Waals surface area contributed by atoms with Crippen molar-refractivity contribution in [1.29, 1.82) is 0 Å². The number of rotatable bonds is 24. The maximum absolute atomic E-state index is 13.7. The summed E-state index contributed by atoms with van der Waals surface area (Å²) in [4.78, 5) is 50.3. The Morgan fingerprint density at radius 1 is 0.500 bits per heavy atom. The van der Waals surface area contributed by atoms with E-state index in [9.17, 15) is 9.59 Å². The van der Waals surface area contributed by atoms with Gasteiger partial charge in [-0.05, 0) is 75.6 Å². The van der Waals surface area contributed by atoms with Crippen LogP contribution in [0.25, 0.3) is 0 Å². The van der Waals surface area contributed by atoms with Gasteiger partial charge in [0.05, 0.1) is 39.3 Å². The quantitative estimate of drug-likeness (QED) is 0.0396. The van der Waals surface area contributed by atoms with Crippen LogP contribution in [-0.2, 0) is 23.6 Å². The molecule has 0 bridgehead atoms. The first kappa shape index (κ1) is 60.0. The number of benzene rings is 4. The Labute approximate surface area is 425 Å². The van der Waals surface area contributed by atoms with Gasteiger partial charge in [-0.25, -0.2) is 0 Å². The Balaban J connectivity index is 0.000000333. The van der Waals surface area contributed by atoms with Crippen LogP contribution in [-0.4, -0.2) is 95.3 Å². The van der Waals surface area contributed by atoms with Gasteiger partial charge in [0.1, 0.15) is 47.9 Å². The molecule has 0 amide bonds. The number of hydrogen-bond donors (Lipinski definition) is 2. The fourth-order valence-corrected chi connectivity index (χ4v) is 10.7. The second-order valence-electron chi connectivity index (χ2n) is 18.8. The third-order valence-corrected chi connectivity index (χ3v) is 13.0. The molecule has 14 heteroatoms. The molecule has 2 atom stereocenters. The highest BCUT2D eigenvalue weighted by atomic mass is 35.5. The third kappa shape index (κ3) is 17.5. The van der Waals surface area contributed by atoms with E-state index in [2.05, 4.69) is 55.4 Å². The summed E-state index contributed by atoms with van der Waals surface area (Å²) >= 11 is 0. The molecule has 0 aromatic heterocycles. The fraction of sp³-hybridized carbons (Fsp3) is 0.536. The zero-order valence-corrected chi connectivity index (χ0v) is 44.8. The van der Waals surface area contributed by atoms with Gasteiger partial charge < -0.3 is 55.0 Å². The fourth-order valence-electron chi connectivity index (χ4n) is 10.7. The average molecular weight is 1010 g/mol. The Morgan fingerprint density at radius 2 is 0.729 bits per heavy atom. The number of ether oxygens (including phenoxy) is 4. The number of esters is 2. The number of carbonyl (C=O) groups excluding carboxylic acids is 2. The van der Waals surface area contributed by atoms with E-state index in [1.807, 2.05) is 97.1 Å². The summed E-state index contributed by atoms with van der Waals surface area (Å²) in [5.41, 5.74) is 3.57. The van der Waals surface area contributed by atoms with Crippen molar-refractivity contribution in [2.75, 3.05) is 52.4 Å². The minimum Gasteiger partial charge on any atom is -1.00 e. The molecule has 0 saturated carbocycles. The molecule has 2 N–H and O–H groups in total. The Hall–Kier alpha value is -4.26. The lowest BCUT2D eigenvalue weighted by Crippen LogP contribution is -3.00. The van der Waals surface area contributed by atoms with E-state index in [1.165, 1.54) is 0 Å². The first-order chi connectivity index (χ1) is 33.1. The summed E-state index contributed by atoms with van der Waals surface area (Å²) in [5.74, 6) is 1.77. The lowest BCUT2D eigenvalue weighted by atomic mass is 9.88. The van der Waals surface area contributed by atoms with Gasteiger partial charge in [-0.3, -0.25) is 14.2 Å². The highest BCUT2D eigenvalue weighted by Crippen LogP contribution is 2.46. The van der Waals surface area contributed by atoms with Crippen molar-refractivity contribution in [2.45, 2.75) is 144 Å². The van der Waals surface area contributed by atoms with Gasteiger partial charge >= 0.3 is 11.9 Å². The number of fused-ring (bicyclic) bond motifs is 4. The first-order valence-electron chi connectivity index (χ1n) is 25.7. The summed E-state index contributed by atoms with van der Waals surface area (Å²) in [6, 6.07) is 31.3. The van der Waals surface area contributed by atoms with Crippen LogP contribution in [0, 0.1) is 0 Å². The van der Waals surface area contributed by atoms with Gasteiger partial charge in [0, 0.05) is 22.3 Å². The van der Waals surface area contributed by atoms with Gasteiger partial charge in [0.25, 0.3) is 7.82 Å².